The highest BCUT2D eigenvalue weighted by molar-refractivity contribution is 5.55. The number of nitrogen functional groups attached to an aromatic ring is 1. The van der Waals surface area contributed by atoms with Crippen LogP contribution in [-0.2, 0) is 0 Å². The first-order valence-electron chi connectivity index (χ1n) is 5.53. The Labute approximate surface area is 93.8 Å². The highest BCUT2D eigenvalue weighted by Gasteiger charge is 2.30. The fourth-order valence-electron chi connectivity index (χ4n) is 2.29. The van der Waals surface area contributed by atoms with Crippen molar-refractivity contribution in [2.45, 2.75) is 38.1 Å². The second-order valence-corrected chi connectivity index (χ2v) is 4.75. The fourth-order valence-corrected chi connectivity index (χ4v) is 2.29. The predicted octanol–water partition coefficient (Wildman–Crippen LogP) is 3.29. The van der Waals surface area contributed by atoms with Gasteiger partial charge in [-0.15, -0.1) is 0 Å². The van der Waals surface area contributed by atoms with Crippen LogP contribution < -0.4 is 11.1 Å². The van der Waals surface area contributed by atoms with Crippen molar-refractivity contribution in [3.8, 4) is 0 Å². The van der Waals surface area contributed by atoms with Gasteiger partial charge in [0.15, 0.2) is 11.6 Å². The van der Waals surface area contributed by atoms with Crippen LogP contribution in [0.15, 0.2) is 12.1 Å². The minimum absolute atomic E-state index is 0.0569. The lowest BCUT2D eigenvalue weighted by Crippen LogP contribution is -2.31. The van der Waals surface area contributed by atoms with Crippen molar-refractivity contribution in [1.29, 1.82) is 0 Å². The third-order valence-electron chi connectivity index (χ3n) is 3.20. The number of nitrogens with one attached hydrogen (secondary N) is 1. The Morgan fingerprint density at radius 2 is 1.69 bits per heavy atom. The van der Waals surface area contributed by atoms with Crippen LogP contribution in [0.4, 0.5) is 20.2 Å². The van der Waals surface area contributed by atoms with Gasteiger partial charge in [0.05, 0.1) is 0 Å². The van der Waals surface area contributed by atoms with Crippen LogP contribution in [-0.4, -0.2) is 5.54 Å². The quantitative estimate of drug-likeness (QED) is 0.759. The lowest BCUT2D eigenvalue weighted by Gasteiger charge is -2.27. The molecule has 0 spiro atoms. The van der Waals surface area contributed by atoms with Crippen molar-refractivity contribution in [2.24, 2.45) is 0 Å². The lowest BCUT2D eigenvalue weighted by atomic mass is 10.00. The van der Waals surface area contributed by atoms with Gasteiger partial charge in [-0.1, -0.05) is 12.8 Å². The minimum atomic E-state index is -0.620. The van der Waals surface area contributed by atoms with E-state index >= 15 is 0 Å². The van der Waals surface area contributed by atoms with Crippen LogP contribution in [0.3, 0.4) is 0 Å². The Hall–Kier alpha value is -1.32. The number of benzene rings is 1. The van der Waals surface area contributed by atoms with E-state index in [-0.39, 0.29) is 16.9 Å². The highest BCUT2D eigenvalue weighted by atomic mass is 19.1. The third kappa shape index (κ3) is 2.10. The average molecular weight is 226 g/mol. The Bertz CT molecular complexity index is 375. The van der Waals surface area contributed by atoms with Gasteiger partial charge < -0.3 is 11.1 Å². The SMILES string of the molecule is CC1(Nc2c(F)cc(N)cc2F)CCCC1. The van der Waals surface area contributed by atoms with Crippen LogP contribution in [0.5, 0.6) is 0 Å². The monoisotopic (exact) mass is 226 g/mol. The van der Waals surface area contributed by atoms with Gasteiger partial charge in [-0.05, 0) is 31.9 Å². The average Bonchev–Trinajstić information content (AvgIpc) is 2.59. The van der Waals surface area contributed by atoms with Crippen molar-refractivity contribution in [1.82, 2.24) is 0 Å². The molecule has 1 aliphatic carbocycles. The summed E-state index contributed by atoms with van der Waals surface area (Å²) in [6, 6.07) is 2.29. The van der Waals surface area contributed by atoms with E-state index in [0.717, 1.165) is 37.8 Å². The van der Waals surface area contributed by atoms with Crippen molar-refractivity contribution >= 4 is 11.4 Å². The first kappa shape index (κ1) is 11.2. The Kier molecular flexibility index (Phi) is 2.74. The smallest absolute Gasteiger partial charge is 0.151 e. The van der Waals surface area contributed by atoms with Gasteiger partial charge in [-0.2, -0.15) is 0 Å². The molecule has 0 unspecified atom stereocenters. The third-order valence-corrected chi connectivity index (χ3v) is 3.20. The first-order chi connectivity index (χ1) is 7.50. The zero-order chi connectivity index (χ0) is 11.8. The molecule has 4 heteroatoms. The summed E-state index contributed by atoms with van der Waals surface area (Å²) in [4.78, 5) is 0. The van der Waals surface area contributed by atoms with E-state index in [0.29, 0.717) is 0 Å². The van der Waals surface area contributed by atoms with Gasteiger partial charge in [0.25, 0.3) is 0 Å². The van der Waals surface area contributed by atoms with Gasteiger partial charge in [0.2, 0.25) is 0 Å². The van der Waals surface area contributed by atoms with Crippen LogP contribution in [0, 0.1) is 11.6 Å². The van der Waals surface area contributed by atoms with Crippen LogP contribution in [0.2, 0.25) is 0 Å². The summed E-state index contributed by atoms with van der Waals surface area (Å²) < 4.78 is 27.1. The molecule has 0 amide bonds. The molecule has 0 aromatic heterocycles. The van der Waals surface area contributed by atoms with Gasteiger partial charge in [-0.25, -0.2) is 8.78 Å². The second kappa shape index (κ2) is 3.92. The van der Waals surface area contributed by atoms with Gasteiger partial charge >= 0.3 is 0 Å². The topological polar surface area (TPSA) is 38.0 Å². The highest BCUT2D eigenvalue weighted by Crippen LogP contribution is 2.34. The zero-order valence-electron chi connectivity index (χ0n) is 9.32. The molecule has 0 aliphatic heterocycles. The zero-order valence-corrected chi connectivity index (χ0v) is 9.32. The molecule has 16 heavy (non-hydrogen) atoms. The normalized spacial score (nSPS) is 18.7. The molecule has 0 bridgehead atoms. The summed E-state index contributed by atoms with van der Waals surface area (Å²) in [5.74, 6) is -1.24. The Balaban J connectivity index is 2.27. The minimum Gasteiger partial charge on any atom is -0.399 e. The molecule has 1 aliphatic rings. The number of hydrogen-bond donors (Lipinski definition) is 2. The molecule has 1 aromatic rings. The van der Waals surface area contributed by atoms with E-state index in [2.05, 4.69) is 5.32 Å². The molecule has 0 atom stereocenters. The van der Waals surface area contributed by atoms with E-state index in [1.165, 1.54) is 0 Å². The van der Waals surface area contributed by atoms with E-state index in [4.69, 9.17) is 5.73 Å². The van der Waals surface area contributed by atoms with Crippen LogP contribution in [0.25, 0.3) is 0 Å². The molecular weight excluding hydrogens is 210 g/mol. The summed E-state index contributed by atoms with van der Waals surface area (Å²) in [7, 11) is 0. The van der Waals surface area contributed by atoms with Crippen molar-refractivity contribution in [3.05, 3.63) is 23.8 Å². The molecule has 0 radical (unpaired) electrons. The molecule has 3 N–H and O–H groups in total. The van der Waals surface area contributed by atoms with Gasteiger partial charge in [-0.3, -0.25) is 0 Å². The lowest BCUT2D eigenvalue weighted by molar-refractivity contribution is 0.512. The molecule has 1 aromatic carbocycles. The number of rotatable bonds is 2. The molecule has 2 nitrogen and oxygen atoms in total. The molecule has 1 saturated carbocycles. The summed E-state index contributed by atoms with van der Waals surface area (Å²) >= 11 is 0. The summed E-state index contributed by atoms with van der Waals surface area (Å²) in [5, 5.41) is 2.98. The maximum Gasteiger partial charge on any atom is 0.151 e. The van der Waals surface area contributed by atoms with Crippen LogP contribution >= 0.6 is 0 Å². The molecule has 2 rings (SSSR count). The predicted molar refractivity (Wildman–Crippen MR) is 61.3 cm³/mol. The van der Waals surface area contributed by atoms with Gasteiger partial charge in [0.1, 0.15) is 5.69 Å². The largest absolute Gasteiger partial charge is 0.399 e. The maximum absolute atomic E-state index is 13.6. The molecule has 0 saturated heterocycles. The Morgan fingerprint density at radius 1 is 1.19 bits per heavy atom. The first-order valence-corrected chi connectivity index (χ1v) is 5.53. The number of hydrogen-bond acceptors (Lipinski definition) is 2. The van der Waals surface area contributed by atoms with E-state index in [9.17, 15) is 8.78 Å². The standard InChI is InChI=1S/C12H16F2N2/c1-12(4-2-3-5-12)16-11-9(13)6-8(15)7-10(11)14/h6-7,16H,2-5,15H2,1H3. The summed E-state index contributed by atoms with van der Waals surface area (Å²) in [5.41, 5.74) is 5.22. The van der Waals surface area contributed by atoms with E-state index in [1.807, 2.05) is 6.92 Å². The molecular formula is C12H16F2N2. The van der Waals surface area contributed by atoms with E-state index in [1.54, 1.807) is 0 Å². The summed E-state index contributed by atoms with van der Waals surface area (Å²) in [6.45, 7) is 2.00. The van der Waals surface area contributed by atoms with Crippen molar-refractivity contribution < 1.29 is 8.78 Å². The fraction of sp³-hybridized carbons (Fsp3) is 0.500. The van der Waals surface area contributed by atoms with Gasteiger partial charge in [0, 0.05) is 11.2 Å². The van der Waals surface area contributed by atoms with E-state index < -0.39 is 11.6 Å². The molecule has 88 valence electrons. The molecule has 0 heterocycles. The Morgan fingerprint density at radius 3 is 2.19 bits per heavy atom. The van der Waals surface area contributed by atoms with Crippen molar-refractivity contribution in [3.63, 3.8) is 0 Å². The number of anilines is 2. The number of nitrogens with two attached hydrogens (primary N) is 1. The molecule has 1 fully saturated rings. The maximum atomic E-state index is 13.6. The number of halogens is 2. The van der Waals surface area contributed by atoms with Crippen molar-refractivity contribution in [2.75, 3.05) is 11.1 Å². The van der Waals surface area contributed by atoms with Crippen LogP contribution in [0.1, 0.15) is 32.6 Å². The second-order valence-electron chi connectivity index (χ2n) is 4.75. The summed E-state index contributed by atoms with van der Waals surface area (Å²) in [6.07, 6.45) is 4.08.